The van der Waals surface area contributed by atoms with Crippen LogP contribution in [-0.2, 0) is 4.74 Å². The van der Waals surface area contributed by atoms with Gasteiger partial charge in [-0.05, 0) is 24.3 Å². The molecule has 0 N–H and O–H groups in total. The minimum atomic E-state index is -0.472. The van der Waals surface area contributed by atoms with Gasteiger partial charge in [0.25, 0.3) is 5.69 Å². The molecule has 0 unspecified atom stereocenters. The molecule has 126 valence electrons. The average molecular weight is 353 g/mol. The Hall–Kier alpha value is -2.86. The number of esters is 1. The highest BCUT2D eigenvalue weighted by Gasteiger charge is 2.17. The number of ether oxygens (including phenoxy) is 1. The first kappa shape index (κ1) is 17.0. The maximum absolute atomic E-state index is 12.3. The van der Waals surface area contributed by atoms with E-state index in [1.165, 1.54) is 6.07 Å². The molecule has 0 bridgehead atoms. The van der Waals surface area contributed by atoms with Crippen LogP contribution in [0.5, 0.6) is 0 Å². The fourth-order valence-corrected chi connectivity index (χ4v) is 3.27. The number of nitro benzene ring substituents is 1. The molecular weight excluding hydrogens is 338 g/mol. The molecule has 0 spiro atoms. The molecule has 0 saturated heterocycles. The standard InChI is InChI=1S/C19H15NO4S/c21-19(24-12-13-25-14-6-2-1-3-7-14)17-10-4-9-16-15(17)8-5-11-18(16)20(22)23/h1-11H,12-13H2. The van der Waals surface area contributed by atoms with E-state index in [1.807, 2.05) is 30.3 Å². The maximum Gasteiger partial charge on any atom is 0.338 e. The van der Waals surface area contributed by atoms with Gasteiger partial charge in [0.1, 0.15) is 6.61 Å². The molecule has 0 radical (unpaired) electrons. The van der Waals surface area contributed by atoms with Gasteiger partial charge in [-0.25, -0.2) is 4.79 Å². The van der Waals surface area contributed by atoms with E-state index in [2.05, 4.69) is 0 Å². The van der Waals surface area contributed by atoms with Crippen molar-refractivity contribution in [3.63, 3.8) is 0 Å². The van der Waals surface area contributed by atoms with Gasteiger partial charge in [-0.2, -0.15) is 0 Å². The van der Waals surface area contributed by atoms with Crippen LogP contribution in [0.1, 0.15) is 10.4 Å². The van der Waals surface area contributed by atoms with Crippen LogP contribution in [0.4, 0.5) is 5.69 Å². The Kier molecular flexibility index (Phi) is 5.30. The van der Waals surface area contributed by atoms with Crippen molar-refractivity contribution in [2.45, 2.75) is 4.90 Å². The van der Waals surface area contributed by atoms with Crippen LogP contribution in [0.15, 0.2) is 71.6 Å². The van der Waals surface area contributed by atoms with Crippen molar-refractivity contribution in [3.05, 3.63) is 82.4 Å². The topological polar surface area (TPSA) is 69.4 Å². The highest BCUT2D eigenvalue weighted by atomic mass is 32.2. The Balaban J connectivity index is 1.70. The van der Waals surface area contributed by atoms with Gasteiger partial charge in [0, 0.05) is 22.1 Å². The first-order valence-corrected chi connectivity index (χ1v) is 8.66. The Morgan fingerprint density at radius 3 is 2.44 bits per heavy atom. The van der Waals surface area contributed by atoms with Crippen LogP contribution >= 0.6 is 11.8 Å². The summed E-state index contributed by atoms with van der Waals surface area (Å²) in [6.07, 6.45) is 0. The van der Waals surface area contributed by atoms with E-state index in [0.29, 0.717) is 22.1 Å². The zero-order chi connectivity index (χ0) is 17.6. The first-order chi connectivity index (χ1) is 12.2. The molecule has 3 aromatic rings. The van der Waals surface area contributed by atoms with Gasteiger partial charge in [0.15, 0.2) is 0 Å². The minimum absolute atomic E-state index is 0.0215. The van der Waals surface area contributed by atoms with Gasteiger partial charge >= 0.3 is 5.97 Å². The summed E-state index contributed by atoms with van der Waals surface area (Å²) in [5, 5.41) is 12.1. The van der Waals surface area contributed by atoms with Crippen molar-refractivity contribution in [2.24, 2.45) is 0 Å². The Labute approximate surface area is 148 Å². The summed E-state index contributed by atoms with van der Waals surface area (Å²) in [6.45, 7) is 0.268. The molecule has 3 rings (SSSR count). The number of hydrogen-bond donors (Lipinski definition) is 0. The van der Waals surface area contributed by atoms with Crippen LogP contribution in [-0.4, -0.2) is 23.3 Å². The fraction of sp³-hybridized carbons (Fsp3) is 0.105. The van der Waals surface area contributed by atoms with Gasteiger partial charge < -0.3 is 4.74 Å². The largest absolute Gasteiger partial charge is 0.461 e. The first-order valence-electron chi connectivity index (χ1n) is 7.68. The van der Waals surface area contributed by atoms with Crippen LogP contribution in [0.25, 0.3) is 10.8 Å². The van der Waals surface area contributed by atoms with Gasteiger partial charge in [-0.15, -0.1) is 11.8 Å². The number of benzene rings is 3. The SMILES string of the molecule is O=C(OCCSc1ccccc1)c1cccc2c([N+](=O)[O-])cccc12. The number of nitrogens with zero attached hydrogens (tertiary/aromatic N) is 1. The summed E-state index contributed by atoms with van der Waals surface area (Å²) >= 11 is 1.60. The summed E-state index contributed by atoms with van der Waals surface area (Å²) in [6, 6.07) is 19.4. The molecule has 0 heterocycles. The normalized spacial score (nSPS) is 10.6. The molecule has 0 atom stereocenters. The van der Waals surface area contributed by atoms with E-state index < -0.39 is 10.9 Å². The number of nitro groups is 1. The van der Waals surface area contributed by atoms with Crippen LogP contribution < -0.4 is 0 Å². The summed E-state index contributed by atoms with van der Waals surface area (Å²) in [4.78, 5) is 24.1. The van der Waals surface area contributed by atoms with Gasteiger partial charge in [-0.1, -0.05) is 36.4 Å². The molecular formula is C19H15NO4S. The zero-order valence-electron chi connectivity index (χ0n) is 13.3. The molecule has 5 nitrogen and oxygen atoms in total. The predicted octanol–water partition coefficient (Wildman–Crippen LogP) is 4.70. The van der Waals surface area contributed by atoms with Crippen molar-refractivity contribution in [1.29, 1.82) is 0 Å². The van der Waals surface area contributed by atoms with Crippen molar-refractivity contribution < 1.29 is 14.5 Å². The lowest BCUT2D eigenvalue weighted by molar-refractivity contribution is -0.383. The van der Waals surface area contributed by atoms with Crippen molar-refractivity contribution >= 4 is 34.2 Å². The van der Waals surface area contributed by atoms with Crippen LogP contribution in [0, 0.1) is 10.1 Å². The minimum Gasteiger partial charge on any atom is -0.461 e. The molecule has 0 aliphatic carbocycles. The van der Waals surface area contributed by atoms with Crippen molar-refractivity contribution in [1.82, 2.24) is 0 Å². The Morgan fingerprint density at radius 1 is 0.960 bits per heavy atom. The average Bonchev–Trinajstić information content (AvgIpc) is 2.64. The van der Waals surface area contributed by atoms with E-state index in [-0.39, 0.29) is 12.3 Å². The molecule has 0 aliphatic rings. The second-order valence-electron chi connectivity index (χ2n) is 5.23. The molecule has 25 heavy (non-hydrogen) atoms. The van der Waals surface area contributed by atoms with Gasteiger partial charge in [0.05, 0.1) is 15.9 Å². The maximum atomic E-state index is 12.3. The number of rotatable bonds is 6. The van der Waals surface area contributed by atoms with Crippen molar-refractivity contribution in [3.8, 4) is 0 Å². The number of carbonyl (C=O) groups is 1. The molecule has 0 saturated carbocycles. The third-order valence-corrected chi connectivity index (χ3v) is 4.62. The Bertz CT molecular complexity index is 912. The smallest absolute Gasteiger partial charge is 0.338 e. The quantitative estimate of drug-likeness (QED) is 0.211. The lowest BCUT2D eigenvalue weighted by Gasteiger charge is -2.08. The third kappa shape index (κ3) is 3.97. The number of fused-ring (bicyclic) bond motifs is 1. The number of carbonyl (C=O) groups excluding carboxylic acids is 1. The number of thioether (sulfide) groups is 1. The molecule has 0 fully saturated rings. The van der Waals surface area contributed by atoms with E-state index in [9.17, 15) is 14.9 Å². The molecule has 3 aromatic carbocycles. The second-order valence-corrected chi connectivity index (χ2v) is 6.40. The number of hydrogen-bond acceptors (Lipinski definition) is 5. The monoisotopic (exact) mass is 353 g/mol. The van der Waals surface area contributed by atoms with Gasteiger partial charge in [-0.3, -0.25) is 10.1 Å². The van der Waals surface area contributed by atoms with Crippen molar-refractivity contribution in [2.75, 3.05) is 12.4 Å². The van der Waals surface area contributed by atoms with E-state index in [1.54, 1.807) is 42.1 Å². The Morgan fingerprint density at radius 2 is 1.68 bits per heavy atom. The summed E-state index contributed by atoms with van der Waals surface area (Å²) in [7, 11) is 0. The third-order valence-electron chi connectivity index (χ3n) is 3.64. The van der Waals surface area contributed by atoms with E-state index >= 15 is 0 Å². The zero-order valence-corrected chi connectivity index (χ0v) is 14.1. The van der Waals surface area contributed by atoms with Crippen LogP contribution in [0.2, 0.25) is 0 Å². The molecule has 0 aromatic heterocycles. The predicted molar refractivity (Wildman–Crippen MR) is 98.1 cm³/mol. The molecule has 0 amide bonds. The van der Waals surface area contributed by atoms with E-state index in [0.717, 1.165) is 4.90 Å². The highest BCUT2D eigenvalue weighted by Crippen LogP contribution is 2.28. The fourth-order valence-electron chi connectivity index (χ4n) is 2.52. The van der Waals surface area contributed by atoms with Crippen LogP contribution in [0.3, 0.4) is 0 Å². The van der Waals surface area contributed by atoms with E-state index in [4.69, 9.17) is 4.74 Å². The molecule has 6 heteroatoms. The second kappa shape index (κ2) is 7.81. The summed E-state index contributed by atoms with van der Waals surface area (Å²) in [5.41, 5.74) is 0.317. The lowest BCUT2D eigenvalue weighted by atomic mass is 10.0. The highest BCUT2D eigenvalue weighted by molar-refractivity contribution is 7.99. The summed E-state index contributed by atoms with van der Waals surface area (Å²) in [5.74, 6) is 0.167. The number of non-ortho nitro benzene ring substituents is 1. The summed E-state index contributed by atoms with van der Waals surface area (Å²) < 4.78 is 5.33. The lowest BCUT2D eigenvalue weighted by Crippen LogP contribution is -2.08. The van der Waals surface area contributed by atoms with Gasteiger partial charge in [0.2, 0.25) is 0 Å². The molecule has 0 aliphatic heterocycles.